The van der Waals surface area contributed by atoms with Crippen LogP contribution in [0.15, 0.2) is 72.8 Å². The number of carboxylic acids is 1. The fraction of sp³-hybridized carbons (Fsp3) is 0.396. The lowest BCUT2D eigenvalue weighted by atomic mass is 10.0. The summed E-state index contributed by atoms with van der Waals surface area (Å²) in [5.41, 5.74) is 5.41. The Balaban J connectivity index is 0.000000469. The molecule has 78 heavy (non-hydrogen) atoms. The van der Waals surface area contributed by atoms with Gasteiger partial charge in [0.1, 0.15) is 25.7 Å². The number of methoxy groups -OCH3 is 2. The first-order valence-electron chi connectivity index (χ1n) is 28.9. The Kier molecular flexibility index (Phi) is 17.9. The standard InChI is InChI=1S/C22H24N2O7S.C12H19NO4S.C10H7NO4.C8H15NO3.CH4/c1-5-31-19-11-14(9-10-18(19)30-3)17(12-32(4,28)29)24-21(26)15-7-6-8-16(23-13(2)25)20(15)22(24)27;1-4-17-12-7-9(5-6-11(12)16-2)10(13)8-18(3,14)15;1-5(12)11-7-4-2-3-6-8(7)10(14)15-9(6)13;1-5(2)4-7(8(11)12)9-6(3)10;/h6-11,17H,5,12H2,1-4H3,(H,23,25);5-7,10H,4,8,13H2,1-3H3;2-4H,1H3,(H,11,12);5,7H,4H2,1-3H3,(H,9,10)(H,11,12);1H4/t17-;10-;;7-;/m11.0./s1/i1D3,3D3,5D2,17D;2D3,10D;;;. The number of anilines is 2. The van der Waals surface area contributed by atoms with Crippen molar-refractivity contribution >= 4 is 78.5 Å². The van der Waals surface area contributed by atoms with Crippen molar-refractivity contribution in [1.82, 2.24) is 10.2 Å². The molecule has 0 saturated heterocycles. The summed E-state index contributed by atoms with van der Waals surface area (Å²) in [5.74, 6) is -8.81. The summed E-state index contributed by atoms with van der Waals surface area (Å²) < 4.78 is 170. The Labute approximate surface area is 472 Å². The number of carboxylic acid groups (broad SMARTS) is 1. The molecule has 2 heterocycles. The number of nitrogens with two attached hydrogens (primary N) is 1. The minimum Gasteiger partial charge on any atom is -0.493 e. The maximum absolute atomic E-state index is 13.6. The number of esters is 2. The van der Waals surface area contributed by atoms with Crippen LogP contribution in [0.5, 0.6) is 23.0 Å². The number of carbonyl (C=O) groups is 8. The normalized spacial score (nSPS) is 17.3. The van der Waals surface area contributed by atoms with Gasteiger partial charge in [0.05, 0.1) is 92.1 Å². The second-order valence-corrected chi connectivity index (χ2v) is 21.2. The number of ether oxygens (including phenoxy) is 5. The molecule has 0 saturated carbocycles. The summed E-state index contributed by atoms with van der Waals surface area (Å²) in [6, 6.07) is 9.58. The molecule has 0 fully saturated rings. The van der Waals surface area contributed by atoms with Crippen LogP contribution in [-0.4, -0.2) is 132 Å². The van der Waals surface area contributed by atoms with Gasteiger partial charge in [-0.25, -0.2) is 31.2 Å². The lowest BCUT2D eigenvalue weighted by molar-refractivity contribution is -0.142. The molecule has 0 aromatic heterocycles. The van der Waals surface area contributed by atoms with E-state index in [1.54, 1.807) is 19.1 Å². The molecule has 6 N–H and O–H groups in total. The van der Waals surface area contributed by atoms with E-state index in [0.717, 1.165) is 37.6 Å². The van der Waals surface area contributed by atoms with Crippen LogP contribution in [0.3, 0.4) is 0 Å². The number of cyclic esters (lactones) is 2. The summed E-state index contributed by atoms with van der Waals surface area (Å²) >= 11 is 0. The Bertz CT molecular complexity index is 3640. The molecular formula is C53H69N5O18S2. The number of carbonyl (C=O) groups excluding carboxylic acids is 7. The summed E-state index contributed by atoms with van der Waals surface area (Å²) in [4.78, 5) is 93.5. The highest BCUT2D eigenvalue weighted by Gasteiger charge is 2.43. The molecule has 4 aromatic carbocycles. The Morgan fingerprint density at radius 3 is 1.74 bits per heavy atom. The van der Waals surface area contributed by atoms with Crippen LogP contribution >= 0.6 is 0 Å². The molecule has 0 unspecified atom stereocenters. The van der Waals surface area contributed by atoms with E-state index < -0.39 is 129 Å². The fourth-order valence-electron chi connectivity index (χ4n) is 7.05. The number of nitrogens with zero attached hydrogens (tertiary/aromatic N) is 1. The monoisotopic (exact) mass is 1140 g/mol. The summed E-state index contributed by atoms with van der Waals surface area (Å²) in [7, 11) is -13.4. The van der Waals surface area contributed by atoms with Crippen molar-refractivity contribution in [3.05, 3.63) is 106 Å². The molecule has 6 rings (SSSR count). The Morgan fingerprint density at radius 1 is 0.731 bits per heavy atom. The van der Waals surface area contributed by atoms with Gasteiger partial charge in [0.2, 0.25) is 17.7 Å². The second kappa shape index (κ2) is 29.6. The summed E-state index contributed by atoms with van der Waals surface area (Å²) in [6.07, 6.45) is 2.18. The van der Waals surface area contributed by atoms with E-state index in [9.17, 15) is 55.2 Å². The quantitative estimate of drug-likeness (QED) is 0.0421. The molecule has 0 radical (unpaired) electrons. The number of hydrogen-bond donors (Lipinski definition) is 5. The van der Waals surface area contributed by atoms with Gasteiger partial charge < -0.3 is 50.5 Å². The number of benzene rings is 4. The van der Waals surface area contributed by atoms with Crippen molar-refractivity contribution in [3.63, 3.8) is 0 Å². The summed E-state index contributed by atoms with van der Waals surface area (Å²) in [5, 5.41) is 15.9. The third kappa shape index (κ3) is 19.3. The van der Waals surface area contributed by atoms with Gasteiger partial charge in [0.25, 0.3) is 11.8 Å². The molecule has 23 nitrogen and oxygen atoms in total. The topological polar surface area (TPSA) is 337 Å². The van der Waals surface area contributed by atoms with E-state index in [4.69, 9.17) is 47.6 Å². The molecule has 2 aliphatic heterocycles. The van der Waals surface area contributed by atoms with E-state index in [-0.39, 0.29) is 76.8 Å². The highest BCUT2D eigenvalue weighted by molar-refractivity contribution is 7.90. The SMILES string of the molecule is C.CC(=O)N[C@@H](CC(C)C)C(=O)O.CC(=O)Nc1cccc2c1C(=O)OC2=O.[2H]C([2H])([2H])Oc1ccc([C@@]([2H])(CS(C)(=O)=O)N2C(=O)c3cccc(NC(C)=O)c3C2=O)cc1OC([2H])([2H])C([2H])([2H])[2H].[2H]C([2H])([2H])Oc1ccc([C@]([2H])(N)CS(C)(=O)=O)cc1OCC. The number of amides is 5. The van der Waals surface area contributed by atoms with Crippen molar-refractivity contribution in [3.8, 4) is 23.0 Å². The van der Waals surface area contributed by atoms with Gasteiger partial charge in [-0.3, -0.25) is 28.9 Å². The van der Waals surface area contributed by atoms with Crippen molar-refractivity contribution in [2.75, 3.05) is 61.9 Å². The van der Waals surface area contributed by atoms with Crippen molar-refractivity contribution in [1.29, 1.82) is 0 Å². The van der Waals surface area contributed by atoms with E-state index in [1.165, 1.54) is 56.3 Å². The van der Waals surface area contributed by atoms with Gasteiger partial charge >= 0.3 is 17.9 Å². The van der Waals surface area contributed by atoms with Crippen LogP contribution in [-0.2, 0) is 43.6 Å². The van der Waals surface area contributed by atoms with Gasteiger partial charge in [-0.2, -0.15) is 0 Å². The van der Waals surface area contributed by atoms with Crippen LogP contribution in [0.2, 0.25) is 0 Å². The van der Waals surface area contributed by atoms with E-state index in [0.29, 0.717) is 17.0 Å². The highest BCUT2D eigenvalue weighted by Crippen LogP contribution is 2.39. The highest BCUT2D eigenvalue weighted by atomic mass is 32.2. The molecule has 25 heteroatoms. The number of nitrogens with one attached hydrogen (secondary N) is 3. The third-order valence-corrected chi connectivity index (χ3v) is 11.6. The van der Waals surface area contributed by atoms with E-state index >= 15 is 0 Å². The lowest BCUT2D eigenvalue weighted by Crippen LogP contribution is -2.40. The van der Waals surface area contributed by atoms with E-state index in [1.807, 2.05) is 13.8 Å². The number of aliphatic carboxylic acids is 1. The van der Waals surface area contributed by atoms with Crippen LogP contribution in [0.4, 0.5) is 11.4 Å². The first kappa shape index (κ1) is 47.3. The molecule has 5 amide bonds. The fourth-order valence-corrected chi connectivity index (χ4v) is 8.57. The van der Waals surface area contributed by atoms with Gasteiger partial charge in [-0.05, 0) is 85.8 Å². The van der Waals surface area contributed by atoms with Crippen LogP contribution in [0, 0.1) is 5.92 Å². The van der Waals surface area contributed by atoms with Crippen LogP contribution in [0.25, 0.3) is 0 Å². The smallest absolute Gasteiger partial charge is 0.349 e. The van der Waals surface area contributed by atoms with Gasteiger partial charge in [-0.1, -0.05) is 45.5 Å². The zero-order valence-electron chi connectivity index (χ0n) is 55.6. The maximum atomic E-state index is 13.6. The zero-order chi connectivity index (χ0) is 69.2. The number of fused-ring (bicyclic) bond motifs is 2. The van der Waals surface area contributed by atoms with Crippen molar-refractivity contribution < 1.29 is 102 Å². The molecule has 4 aromatic rings. The minimum absolute atomic E-state index is 0. The number of sulfone groups is 2. The molecule has 2 aliphatic rings. The molecular weight excluding hydrogens is 1060 g/mol. The maximum Gasteiger partial charge on any atom is 0.349 e. The van der Waals surface area contributed by atoms with Gasteiger partial charge in [-0.15, -0.1) is 0 Å². The van der Waals surface area contributed by atoms with Gasteiger partial charge in [0, 0.05) is 43.4 Å². The number of rotatable bonds is 19. The first-order valence-corrected chi connectivity index (χ1v) is 26.6. The number of hydrogen-bond acceptors (Lipinski definition) is 18. The van der Waals surface area contributed by atoms with Gasteiger partial charge in [0.15, 0.2) is 23.0 Å². The predicted molar refractivity (Wildman–Crippen MR) is 291 cm³/mol. The molecule has 0 aliphatic carbocycles. The second-order valence-electron chi connectivity index (χ2n) is 16.9. The predicted octanol–water partition coefficient (Wildman–Crippen LogP) is 5.79. The lowest BCUT2D eigenvalue weighted by Gasteiger charge is -2.27. The molecule has 3 atom stereocenters. The van der Waals surface area contributed by atoms with Crippen LogP contribution in [0.1, 0.15) is 145 Å². The van der Waals surface area contributed by atoms with Crippen LogP contribution < -0.4 is 40.6 Å². The molecule has 0 bridgehead atoms. The van der Waals surface area contributed by atoms with Crippen molar-refractivity contribution in [2.24, 2.45) is 11.7 Å². The average molecular weight is 1140 g/mol. The first-order chi connectivity index (χ1) is 40.8. The van der Waals surface area contributed by atoms with E-state index in [2.05, 4.69) is 20.7 Å². The molecule has 0 spiro atoms. The zero-order valence-corrected chi connectivity index (χ0v) is 44.3. The minimum atomic E-state index is -4.17. The molecule has 426 valence electrons. The Hall–Kier alpha value is -7.90. The Morgan fingerprint density at radius 2 is 1.26 bits per heavy atom. The summed E-state index contributed by atoms with van der Waals surface area (Å²) in [6.45, 7) is 2.73. The van der Waals surface area contributed by atoms with Crippen molar-refractivity contribution in [2.45, 2.75) is 80.3 Å². The largest absolute Gasteiger partial charge is 0.493 e. The third-order valence-electron chi connectivity index (χ3n) is 9.95. The average Bonchev–Trinajstić information content (AvgIpc) is 1.63. The number of imide groups is 1.